The van der Waals surface area contributed by atoms with Gasteiger partial charge in [-0.05, 0) is 29.8 Å². The van der Waals surface area contributed by atoms with Crippen LogP contribution in [0.4, 0.5) is 8.78 Å². The molecule has 0 spiro atoms. The van der Waals surface area contributed by atoms with Crippen LogP contribution >= 0.6 is 0 Å². The summed E-state index contributed by atoms with van der Waals surface area (Å²) in [5.74, 6) is -4.08. The minimum absolute atomic E-state index is 0.0811. The van der Waals surface area contributed by atoms with Crippen LogP contribution in [0, 0.1) is 11.6 Å². The zero-order valence-corrected chi connectivity index (χ0v) is 14.5. The van der Waals surface area contributed by atoms with Gasteiger partial charge in [-0.3, -0.25) is 19.6 Å². The highest BCUT2D eigenvalue weighted by Crippen LogP contribution is 2.26. The molecule has 0 aliphatic carbocycles. The number of rotatable bonds is 5. The second-order valence-corrected chi connectivity index (χ2v) is 5.58. The van der Waals surface area contributed by atoms with E-state index in [2.05, 4.69) is 5.32 Å². The third-order valence-electron chi connectivity index (χ3n) is 3.94. The van der Waals surface area contributed by atoms with Crippen LogP contribution in [-0.2, 0) is 9.59 Å². The van der Waals surface area contributed by atoms with Crippen molar-refractivity contribution < 1.29 is 28.4 Å². The first kappa shape index (κ1) is 20.0. The van der Waals surface area contributed by atoms with Crippen LogP contribution in [0.15, 0.2) is 42.5 Å². The van der Waals surface area contributed by atoms with Gasteiger partial charge in [0.15, 0.2) is 6.04 Å². The molecule has 1 atom stereocenters. The summed E-state index contributed by atoms with van der Waals surface area (Å²) in [6, 6.07) is 7.21. The van der Waals surface area contributed by atoms with E-state index >= 15 is 0 Å². The van der Waals surface area contributed by atoms with Gasteiger partial charge in [-0.15, -0.1) is 0 Å². The number of hydrogen-bond acceptors (Lipinski definition) is 4. The Morgan fingerprint density at radius 1 is 1.00 bits per heavy atom. The molecule has 0 saturated heterocycles. The Balaban J connectivity index is 2.31. The lowest BCUT2D eigenvalue weighted by atomic mass is 10.0. The minimum Gasteiger partial charge on any atom is -0.357 e. The summed E-state index contributed by atoms with van der Waals surface area (Å²) in [6.45, 7) is 0. The molecule has 2 aromatic carbocycles. The van der Waals surface area contributed by atoms with Gasteiger partial charge in [-0.2, -0.15) is 0 Å². The Labute approximate surface area is 153 Å². The van der Waals surface area contributed by atoms with Gasteiger partial charge in [0, 0.05) is 19.7 Å². The molecule has 0 heterocycles. The van der Waals surface area contributed by atoms with Crippen LogP contribution in [0.2, 0.25) is 0 Å². The van der Waals surface area contributed by atoms with Crippen molar-refractivity contribution in [2.75, 3.05) is 14.1 Å². The fourth-order valence-electron chi connectivity index (χ4n) is 2.54. The second-order valence-electron chi connectivity index (χ2n) is 5.58. The zero-order chi connectivity index (χ0) is 20.1. The molecule has 3 amide bonds. The summed E-state index contributed by atoms with van der Waals surface area (Å²) in [4.78, 5) is 36.9. The van der Waals surface area contributed by atoms with Crippen molar-refractivity contribution in [3.8, 4) is 11.1 Å². The van der Waals surface area contributed by atoms with E-state index in [1.165, 1.54) is 49.9 Å². The maximum absolute atomic E-state index is 13.9. The molecule has 0 fully saturated rings. The molecule has 0 radical (unpaired) electrons. The predicted molar refractivity (Wildman–Crippen MR) is 91.7 cm³/mol. The van der Waals surface area contributed by atoms with E-state index in [1.54, 1.807) is 0 Å². The van der Waals surface area contributed by atoms with Crippen LogP contribution in [0.25, 0.3) is 11.1 Å². The summed E-state index contributed by atoms with van der Waals surface area (Å²) in [5, 5.41) is 11.0. The predicted octanol–water partition coefficient (Wildman–Crippen LogP) is 1.32. The van der Waals surface area contributed by atoms with Crippen molar-refractivity contribution in [2.24, 2.45) is 0 Å². The molecule has 1 unspecified atom stereocenters. The van der Waals surface area contributed by atoms with Crippen molar-refractivity contribution >= 4 is 17.7 Å². The van der Waals surface area contributed by atoms with Crippen molar-refractivity contribution in [2.45, 2.75) is 6.04 Å². The fraction of sp³-hybridized carbons (Fsp3) is 0.167. The Hall–Kier alpha value is -3.33. The van der Waals surface area contributed by atoms with Crippen LogP contribution < -0.4 is 10.8 Å². The molecule has 2 aromatic rings. The molecule has 7 nitrogen and oxygen atoms in total. The summed E-state index contributed by atoms with van der Waals surface area (Å²) >= 11 is 0. The monoisotopic (exact) mass is 377 g/mol. The molecule has 0 aliphatic rings. The molecule has 0 bridgehead atoms. The number of halogens is 2. The SMILES string of the molecule is CNC(=O)C(C(=O)NO)N(C)C(=O)c1ccc(-c2c(F)cccc2F)cc1. The van der Waals surface area contributed by atoms with Gasteiger partial charge in [-0.1, -0.05) is 18.2 Å². The minimum atomic E-state index is -1.60. The van der Waals surface area contributed by atoms with Crippen molar-refractivity contribution in [3.63, 3.8) is 0 Å². The number of hydroxylamine groups is 1. The number of amides is 3. The highest BCUT2D eigenvalue weighted by molar-refractivity contribution is 6.08. The maximum atomic E-state index is 13.9. The van der Waals surface area contributed by atoms with Crippen molar-refractivity contribution in [3.05, 3.63) is 59.7 Å². The highest BCUT2D eigenvalue weighted by Gasteiger charge is 2.33. The van der Waals surface area contributed by atoms with Gasteiger partial charge in [0.2, 0.25) is 0 Å². The van der Waals surface area contributed by atoms with Crippen LogP contribution in [0.1, 0.15) is 10.4 Å². The van der Waals surface area contributed by atoms with E-state index in [0.717, 1.165) is 17.0 Å². The number of nitrogens with zero attached hydrogens (tertiary/aromatic N) is 1. The fourth-order valence-corrected chi connectivity index (χ4v) is 2.54. The second kappa shape index (κ2) is 8.37. The number of nitrogens with one attached hydrogen (secondary N) is 2. The molecule has 0 aliphatic heterocycles. The zero-order valence-electron chi connectivity index (χ0n) is 14.5. The lowest BCUT2D eigenvalue weighted by Crippen LogP contribution is -2.54. The number of benzene rings is 2. The number of hydrogen-bond donors (Lipinski definition) is 3. The van der Waals surface area contributed by atoms with Crippen molar-refractivity contribution in [1.29, 1.82) is 0 Å². The molecule has 27 heavy (non-hydrogen) atoms. The number of carbonyl (C=O) groups is 3. The number of carbonyl (C=O) groups excluding carboxylic acids is 3. The molecule has 0 aromatic heterocycles. The van der Waals surface area contributed by atoms with Gasteiger partial charge in [-0.25, -0.2) is 14.3 Å². The van der Waals surface area contributed by atoms with E-state index in [0.29, 0.717) is 0 Å². The van der Waals surface area contributed by atoms with Crippen LogP contribution in [-0.4, -0.2) is 48.0 Å². The Bertz CT molecular complexity index is 835. The Morgan fingerprint density at radius 2 is 1.56 bits per heavy atom. The molecular weight excluding hydrogens is 360 g/mol. The van der Waals surface area contributed by atoms with Crippen LogP contribution in [0.3, 0.4) is 0 Å². The van der Waals surface area contributed by atoms with E-state index in [9.17, 15) is 23.2 Å². The van der Waals surface area contributed by atoms with E-state index in [1.807, 2.05) is 0 Å². The third-order valence-corrected chi connectivity index (χ3v) is 3.94. The standard InChI is InChI=1S/C18H17F2N3O4/c1-21-16(24)15(17(25)22-27)23(2)18(26)11-8-6-10(7-9-11)14-12(19)4-3-5-13(14)20/h3-9,15,27H,1-2H3,(H,21,24)(H,22,25). The first-order valence-corrected chi connectivity index (χ1v) is 7.79. The summed E-state index contributed by atoms with van der Waals surface area (Å²) < 4.78 is 27.7. The lowest BCUT2D eigenvalue weighted by molar-refractivity contribution is -0.140. The molecule has 9 heteroatoms. The maximum Gasteiger partial charge on any atom is 0.275 e. The van der Waals surface area contributed by atoms with Crippen LogP contribution in [0.5, 0.6) is 0 Å². The van der Waals surface area contributed by atoms with Gasteiger partial charge in [0.25, 0.3) is 17.7 Å². The van der Waals surface area contributed by atoms with Crippen molar-refractivity contribution in [1.82, 2.24) is 15.7 Å². The molecule has 3 N–H and O–H groups in total. The highest BCUT2D eigenvalue weighted by atomic mass is 19.1. The van der Waals surface area contributed by atoms with E-state index in [4.69, 9.17) is 5.21 Å². The largest absolute Gasteiger partial charge is 0.357 e. The normalized spacial score (nSPS) is 11.4. The third kappa shape index (κ3) is 4.09. The van der Waals surface area contributed by atoms with E-state index < -0.39 is 35.4 Å². The Morgan fingerprint density at radius 3 is 2.04 bits per heavy atom. The average molecular weight is 377 g/mol. The molecular formula is C18H17F2N3O4. The quantitative estimate of drug-likeness (QED) is 0.416. The molecule has 142 valence electrons. The van der Waals surface area contributed by atoms with Gasteiger partial charge in [0.1, 0.15) is 11.6 Å². The van der Waals surface area contributed by atoms with Gasteiger partial charge < -0.3 is 10.2 Å². The van der Waals surface area contributed by atoms with Gasteiger partial charge in [0.05, 0.1) is 5.56 Å². The van der Waals surface area contributed by atoms with E-state index in [-0.39, 0.29) is 16.7 Å². The average Bonchev–Trinajstić information content (AvgIpc) is 2.67. The first-order chi connectivity index (χ1) is 12.8. The lowest BCUT2D eigenvalue weighted by Gasteiger charge is -2.25. The number of likely N-dealkylation sites (N-methyl/N-ethyl adjacent to an activating group) is 2. The molecule has 0 saturated carbocycles. The topological polar surface area (TPSA) is 98.7 Å². The summed E-state index contributed by atoms with van der Waals surface area (Å²) in [7, 11) is 2.48. The Kier molecular flexibility index (Phi) is 6.19. The first-order valence-electron chi connectivity index (χ1n) is 7.79. The molecule has 2 rings (SSSR count). The summed E-state index contributed by atoms with van der Waals surface area (Å²) in [5.41, 5.74) is 1.41. The smallest absolute Gasteiger partial charge is 0.275 e. The summed E-state index contributed by atoms with van der Waals surface area (Å²) in [6.07, 6.45) is 0. The van der Waals surface area contributed by atoms with Gasteiger partial charge >= 0.3 is 0 Å².